The van der Waals surface area contributed by atoms with Gasteiger partial charge in [-0.3, -0.25) is 0 Å². The van der Waals surface area contributed by atoms with E-state index in [-0.39, 0.29) is 11.9 Å². The molecular formula is C33H35FN4O4. The molecule has 1 saturated heterocycles. The van der Waals surface area contributed by atoms with Crippen LogP contribution in [0, 0.1) is 5.82 Å². The summed E-state index contributed by atoms with van der Waals surface area (Å²) in [5.41, 5.74) is 4.83. The maximum atomic E-state index is 14.2. The SMILES string of the molecule is COc1ccc(F)cc1-c1cccc2cnc(Nc3ccc(C4CCN(C(=O)OC(C)(C)C)CC4)c4c3OCC4)nc12. The highest BCUT2D eigenvalue weighted by Crippen LogP contribution is 2.43. The summed E-state index contributed by atoms with van der Waals surface area (Å²) in [7, 11) is 1.57. The first-order valence-corrected chi connectivity index (χ1v) is 14.3. The Hall–Kier alpha value is -4.40. The van der Waals surface area contributed by atoms with Gasteiger partial charge in [0.05, 0.1) is 24.9 Å². The first kappa shape index (κ1) is 27.8. The molecule has 1 fully saturated rings. The lowest BCUT2D eigenvalue weighted by Crippen LogP contribution is -2.41. The second-order valence-corrected chi connectivity index (χ2v) is 11.8. The first-order valence-electron chi connectivity index (χ1n) is 14.3. The fourth-order valence-electron chi connectivity index (χ4n) is 5.85. The van der Waals surface area contributed by atoms with Gasteiger partial charge in [0.2, 0.25) is 5.95 Å². The van der Waals surface area contributed by atoms with Crippen molar-refractivity contribution in [2.75, 3.05) is 32.1 Å². The molecule has 0 saturated carbocycles. The van der Waals surface area contributed by atoms with Crippen LogP contribution < -0.4 is 14.8 Å². The van der Waals surface area contributed by atoms with E-state index in [1.54, 1.807) is 24.3 Å². The van der Waals surface area contributed by atoms with E-state index in [9.17, 15) is 9.18 Å². The lowest BCUT2D eigenvalue weighted by atomic mass is 9.85. The average molecular weight is 571 g/mol. The Morgan fingerprint density at radius 2 is 1.90 bits per heavy atom. The third-order valence-corrected chi connectivity index (χ3v) is 7.79. The van der Waals surface area contributed by atoms with Crippen molar-refractivity contribution >= 4 is 28.6 Å². The normalized spacial score (nSPS) is 15.3. The van der Waals surface area contributed by atoms with E-state index in [4.69, 9.17) is 19.2 Å². The molecule has 8 nitrogen and oxygen atoms in total. The highest BCUT2D eigenvalue weighted by atomic mass is 19.1. The van der Waals surface area contributed by atoms with Crippen molar-refractivity contribution in [1.82, 2.24) is 14.9 Å². The summed E-state index contributed by atoms with van der Waals surface area (Å²) >= 11 is 0. The Labute approximate surface area is 244 Å². The number of hydrogen-bond donors (Lipinski definition) is 1. The van der Waals surface area contributed by atoms with Crippen LogP contribution in [0.4, 0.5) is 20.8 Å². The molecule has 6 rings (SSSR count). The number of halogens is 1. The number of benzene rings is 3. The molecule has 0 atom stereocenters. The molecule has 1 amide bonds. The number of para-hydroxylation sites is 1. The Balaban J connectivity index is 1.25. The third-order valence-electron chi connectivity index (χ3n) is 7.79. The van der Waals surface area contributed by atoms with Gasteiger partial charge in [0, 0.05) is 47.8 Å². The van der Waals surface area contributed by atoms with Crippen LogP contribution in [-0.4, -0.2) is 53.4 Å². The van der Waals surface area contributed by atoms with Crippen LogP contribution in [0.1, 0.15) is 50.7 Å². The van der Waals surface area contributed by atoms with E-state index in [1.807, 2.05) is 45.0 Å². The van der Waals surface area contributed by atoms with Crippen LogP contribution in [0.2, 0.25) is 0 Å². The van der Waals surface area contributed by atoms with E-state index >= 15 is 0 Å². The third kappa shape index (κ3) is 5.55. The van der Waals surface area contributed by atoms with Crippen molar-refractivity contribution in [3.8, 4) is 22.6 Å². The minimum absolute atomic E-state index is 0.247. The summed E-state index contributed by atoms with van der Waals surface area (Å²) in [4.78, 5) is 23.7. The van der Waals surface area contributed by atoms with Crippen LogP contribution in [0.5, 0.6) is 11.5 Å². The van der Waals surface area contributed by atoms with Gasteiger partial charge in [-0.15, -0.1) is 0 Å². The topological polar surface area (TPSA) is 85.8 Å². The van der Waals surface area contributed by atoms with Crippen molar-refractivity contribution in [1.29, 1.82) is 0 Å². The zero-order valence-electron chi connectivity index (χ0n) is 24.4. The van der Waals surface area contributed by atoms with Crippen LogP contribution >= 0.6 is 0 Å². The van der Waals surface area contributed by atoms with Crippen molar-refractivity contribution in [2.24, 2.45) is 0 Å². The molecule has 42 heavy (non-hydrogen) atoms. The minimum Gasteiger partial charge on any atom is -0.496 e. The second kappa shape index (κ2) is 11.1. The number of hydrogen-bond acceptors (Lipinski definition) is 7. The molecule has 4 aromatic rings. The van der Waals surface area contributed by atoms with Gasteiger partial charge in [-0.1, -0.05) is 24.3 Å². The number of likely N-dealkylation sites (tertiary alicyclic amines) is 1. The van der Waals surface area contributed by atoms with E-state index in [2.05, 4.69) is 16.4 Å². The minimum atomic E-state index is -0.502. The summed E-state index contributed by atoms with van der Waals surface area (Å²) in [6.45, 7) is 7.61. The highest BCUT2D eigenvalue weighted by molar-refractivity contribution is 5.95. The fraction of sp³-hybridized carbons (Fsp3) is 0.364. The number of piperidine rings is 1. The molecule has 3 heterocycles. The molecule has 1 aromatic heterocycles. The maximum Gasteiger partial charge on any atom is 0.410 e. The maximum absolute atomic E-state index is 14.2. The quantitative estimate of drug-likeness (QED) is 0.271. The Morgan fingerprint density at radius 1 is 1.10 bits per heavy atom. The first-order chi connectivity index (χ1) is 20.2. The van der Waals surface area contributed by atoms with Gasteiger partial charge >= 0.3 is 6.09 Å². The van der Waals surface area contributed by atoms with Crippen LogP contribution in [0.25, 0.3) is 22.0 Å². The zero-order valence-corrected chi connectivity index (χ0v) is 24.4. The number of ether oxygens (including phenoxy) is 3. The van der Waals surface area contributed by atoms with Gasteiger partial charge in [-0.05, 0) is 69.4 Å². The van der Waals surface area contributed by atoms with Gasteiger partial charge < -0.3 is 24.4 Å². The number of aromatic nitrogens is 2. The second-order valence-electron chi connectivity index (χ2n) is 11.8. The number of amides is 1. The molecule has 9 heteroatoms. The Morgan fingerprint density at radius 3 is 2.67 bits per heavy atom. The number of methoxy groups -OCH3 is 1. The molecule has 1 N–H and O–H groups in total. The van der Waals surface area contributed by atoms with Gasteiger partial charge in [0.1, 0.15) is 22.9 Å². The predicted octanol–water partition coefficient (Wildman–Crippen LogP) is 7.24. The molecule has 0 bridgehead atoms. The Bertz CT molecular complexity index is 1640. The van der Waals surface area contributed by atoms with E-state index in [0.717, 1.165) is 41.6 Å². The molecule has 0 aliphatic carbocycles. The summed E-state index contributed by atoms with van der Waals surface area (Å²) in [5, 5.41) is 4.20. The largest absolute Gasteiger partial charge is 0.496 e. The molecule has 2 aliphatic heterocycles. The molecule has 218 valence electrons. The number of anilines is 2. The number of fused-ring (bicyclic) bond motifs is 2. The molecular weight excluding hydrogens is 535 g/mol. The molecule has 2 aliphatic rings. The van der Waals surface area contributed by atoms with Crippen LogP contribution in [-0.2, 0) is 11.2 Å². The Kier molecular flexibility index (Phi) is 7.35. The zero-order chi connectivity index (χ0) is 29.4. The molecule has 3 aromatic carbocycles. The number of nitrogens with zero attached hydrogens (tertiary/aromatic N) is 3. The number of carbonyl (C=O) groups excluding carboxylic acids is 1. The van der Waals surface area contributed by atoms with Crippen LogP contribution in [0.15, 0.2) is 54.7 Å². The highest BCUT2D eigenvalue weighted by Gasteiger charge is 2.31. The lowest BCUT2D eigenvalue weighted by Gasteiger charge is -2.34. The van der Waals surface area contributed by atoms with Crippen LogP contribution in [0.3, 0.4) is 0 Å². The smallest absolute Gasteiger partial charge is 0.410 e. The molecule has 0 radical (unpaired) electrons. The van der Waals surface area contributed by atoms with Crippen molar-refractivity contribution in [2.45, 2.75) is 51.6 Å². The summed E-state index contributed by atoms with van der Waals surface area (Å²) < 4.78 is 31.4. The summed E-state index contributed by atoms with van der Waals surface area (Å²) in [5.74, 6) is 1.80. The van der Waals surface area contributed by atoms with E-state index < -0.39 is 5.60 Å². The molecule has 0 spiro atoms. The number of carbonyl (C=O) groups is 1. The predicted molar refractivity (Wildman–Crippen MR) is 160 cm³/mol. The van der Waals surface area contributed by atoms with Gasteiger partial charge in [-0.25, -0.2) is 19.2 Å². The monoisotopic (exact) mass is 570 g/mol. The van der Waals surface area contributed by atoms with Crippen molar-refractivity contribution in [3.05, 3.63) is 71.7 Å². The van der Waals surface area contributed by atoms with Crippen molar-refractivity contribution < 1.29 is 23.4 Å². The standard InChI is InChI=1S/C33H35FN4O4/c1-33(2,3)42-32(39)38-15-12-20(13-16-38)23-9-10-27(30-25(23)14-17-41-30)36-31-35-19-21-6-5-7-24(29(21)37-31)26-18-22(34)8-11-28(26)40-4/h5-11,18-20H,12-17H2,1-4H3,(H,35,36,37). The van der Waals surface area contributed by atoms with E-state index in [0.29, 0.717) is 48.4 Å². The van der Waals surface area contributed by atoms with Gasteiger partial charge in [0.25, 0.3) is 0 Å². The lowest BCUT2D eigenvalue weighted by molar-refractivity contribution is 0.0204. The summed E-state index contributed by atoms with van der Waals surface area (Å²) in [6.07, 6.45) is 4.09. The fourth-order valence-corrected chi connectivity index (χ4v) is 5.85. The average Bonchev–Trinajstić information content (AvgIpc) is 3.47. The van der Waals surface area contributed by atoms with Gasteiger partial charge in [-0.2, -0.15) is 0 Å². The number of nitrogens with one attached hydrogen (secondary N) is 1. The number of rotatable bonds is 5. The molecule has 0 unspecified atom stereocenters. The van der Waals surface area contributed by atoms with Gasteiger partial charge in [0.15, 0.2) is 0 Å². The van der Waals surface area contributed by atoms with E-state index in [1.165, 1.54) is 23.3 Å². The van der Waals surface area contributed by atoms with Crippen molar-refractivity contribution in [3.63, 3.8) is 0 Å². The summed E-state index contributed by atoms with van der Waals surface area (Å²) in [6, 6.07) is 14.4.